The molecule has 0 spiro atoms. The van der Waals surface area contributed by atoms with Crippen LogP contribution in [0.1, 0.15) is 6.92 Å². The molecule has 1 atom stereocenters. The summed E-state index contributed by atoms with van der Waals surface area (Å²) in [5.74, 6) is 0.603. The van der Waals surface area contributed by atoms with Crippen LogP contribution in [0.3, 0.4) is 0 Å². The summed E-state index contributed by atoms with van der Waals surface area (Å²) in [5, 5.41) is 5.62. The molecule has 0 radical (unpaired) electrons. The van der Waals surface area contributed by atoms with Gasteiger partial charge in [0.05, 0.1) is 5.52 Å². The quantitative estimate of drug-likeness (QED) is 0.813. The SMILES string of the molecule is CC(CCl)Nc1snc2ccccc12. The topological polar surface area (TPSA) is 24.9 Å². The molecule has 0 bridgehead atoms. The van der Waals surface area contributed by atoms with Gasteiger partial charge in [-0.3, -0.25) is 0 Å². The Morgan fingerprint density at radius 3 is 3.07 bits per heavy atom. The minimum Gasteiger partial charge on any atom is -0.372 e. The van der Waals surface area contributed by atoms with Crippen molar-refractivity contribution < 1.29 is 0 Å². The van der Waals surface area contributed by atoms with E-state index >= 15 is 0 Å². The number of fused-ring (bicyclic) bond motifs is 1. The summed E-state index contributed by atoms with van der Waals surface area (Å²) in [5.41, 5.74) is 1.04. The Bertz CT molecular complexity index is 427. The lowest BCUT2D eigenvalue weighted by atomic mass is 10.2. The first-order valence-corrected chi connectivity index (χ1v) is 5.79. The Morgan fingerprint density at radius 2 is 2.29 bits per heavy atom. The van der Waals surface area contributed by atoms with Crippen molar-refractivity contribution in [2.24, 2.45) is 0 Å². The maximum Gasteiger partial charge on any atom is 0.117 e. The number of rotatable bonds is 3. The Hall–Kier alpha value is -0.800. The standard InChI is InChI=1S/C10H11ClN2S/c1-7(6-11)12-10-8-4-2-3-5-9(8)13-14-10/h2-5,7,12H,6H2,1H3. The summed E-state index contributed by atoms with van der Waals surface area (Å²) in [4.78, 5) is 0. The summed E-state index contributed by atoms with van der Waals surface area (Å²) >= 11 is 7.23. The fourth-order valence-corrected chi connectivity index (χ4v) is 2.21. The molecule has 0 aliphatic heterocycles. The van der Waals surface area contributed by atoms with Crippen molar-refractivity contribution in [1.29, 1.82) is 0 Å². The third-order valence-electron chi connectivity index (χ3n) is 1.99. The molecule has 14 heavy (non-hydrogen) atoms. The van der Waals surface area contributed by atoms with Crippen LogP contribution >= 0.6 is 23.1 Å². The molecule has 2 aromatic rings. The van der Waals surface area contributed by atoms with Crippen LogP contribution in [0.2, 0.25) is 0 Å². The number of hydrogen-bond donors (Lipinski definition) is 1. The van der Waals surface area contributed by atoms with Crippen LogP contribution in [0.5, 0.6) is 0 Å². The molecule has 2 rings (SSSR count). The predicted octanol–water partition coefficient (Wildman–Crippen LogP) is 3.34. The highest BCUT2D eigenvalue weighted by Crippen LogP contribution is 2.27. The fourth-order valence-electron chi connectivity index (χ4n) is 1.26. The Labute approximate surface area is 92.1 Å². The van der Waals surface area contributed by atoms with Crippen LogP contribution in [0, 0.1) is 0 Å². The van der Waals surface area contributed by atoms with Gasteiger partial charge in [-0.25, -0.2) is 0 Å². The lowest BCUT2D eigenvalue weighted by Crippen LogP contribution is -2.15. The largest absolute Gasteiger partial charge is 0.372 e. The molecule has 1 aromatic carbocycles. The van der Waals surface area contributed by atoms with Gasteiger partial charge in [0, 0.05) is 17.3 Å². The van der Waals surface area contributed by atoms with Crippen molar-refractivity contribution in [2.75, 3.05) is 11.2 Å². The number of nitrogens with one attached hydrogen (secondary N) is 1. The van der Waals surface area contributed by atoms with Gasteiger partial charge in [0.1, 0.15) is 5.00 Å². The highest BCUT2D eigenvalue weighted by Gasteiger charge is 2.06. The second-order valence-electron chi connectivity index (χ2n) is 3.23. The van der Waals surface area contributed by atoms with E-state index in [2.05, 4.69) is 22.7 Å². The second kappa shape index (κ2) is 4.15. The maximum atomic E-state index is 5.74. The van der Waals surface area contributed by atoms with Crippen LogP contribution < -0.4 is 5.32 Å². The third kappa shape index (κ3) is 1.83. The van der Waals surface area contributed by atoms with E-state index in [4.69, 9.17) is 11.6 Å². The number of benzene rings is 1. The van der Waals surface area contributed by atoms with E-state index in [1.54, 1.807) is 0 Å². The van der Waals surface area contributed by atoms with Gasteiger partial charge in [0.25, 0.3) is 0 Å². The molecule has 0 aliphatic rings. The van der Waals surface area contributed by atoms with Crippen LogP contribution in [0.4, 0.5) is 5.00 Å². The highest BCUT2D eigenvalue weighted by molar-refractivity contribution is 7.11. The van der Waals surface area contributed by atoms with Gasteiger partial charge < -0.3 is 5.32 Å². The normalized spacial score (nSPS) is 13.0. The van der Waals surface area contributed by atoms with Crippen LogP contribution in [0.15, 0.2) is 24.3 Å². The molecule has 1 unspecified atom stereocenters. The summed E-state index contributed by atoms with van der Waals surface area (Å²) < 4.78 is 4.34. The molecule has 1 aromatic heterocycles. The molecule has 74 valence electrons. The first kappa shape index (κ1) is 9.74. The van der Waals surface area contributed by atoms with Crippen molar-refractivity contribution in [1.82, 2.24) is 4.37 Å². The van der Waals surface area contributed by atoms with E-state index in [0.717, 1.165) is 10.5 Å². The zero-order chi connectivity index (χ0) is 9.97. The van der Waals surface area contributed by atoms with Crippen LogP contribution in [-0.4, -0.2) is 16.3 Å². The van der Waals surface area contributed by atoms with Gasteiger partial charge in [-0.15, -0.1) is 11.6 Å². The average Bonchev–Trinajstić information content (AvgIpc) is 2.62. The van der Waals surface area contributed by atoms with E-state index in [0.29, 0.717) is 5.88 Å². The van der Waals surface area contributed by atoms with Crippen molar-refractivity contribution in [3.8, 4) is 0 Å². The summed E-state index contributed by atoms with van der Waals surface area (Å²) in [7, 11) is 0. The first-order chi connectivity index (χ1) is 6.81. The molecular formula is C10H11ClN2S. The van der Waals surface area contributed by atoms with E-state index in [1.807, 2.05) is 18.2 Å². The molecule has 0 fully saturated rings. The number of aromatic nitrogens is 1. The lowest BCUT2D eigenvalue weighted by molar-refractivity contribution is 0.914. The molecule has 4 heteroatoms. The van der Waals surface area contributed by atoms with Gasteiger partial charge in [0.15, 0.2) is 0 Å². The van der Waals surface area contributed by atoms with E-state index in [9.17, 15) is 0 Å². The molecule has 0 saturated carbocycles. The van der Waals surface area contributed by atoms with Crippen LogP contribution in [0.25, 0.3) is 10.9 Å². The summed E-state index contributed by atoms with van der Waals surface area (Å²) in [6.07, 6.45) is 0. The predicted molar refractivity (Wildman–Crippen MR) is 63.4 cm³/mol. The average molecular weight is 227 g/mol. The number of nitrogens with zero attached hydrogens (tertiary/aromatic N) is 1. The zero-order valence-electron chi connectivity index (χ0n) is 7.83. The Morgan fingerprint density at radius 1 is 1.50 bits per heavy atom. The van der Waals surface area contributed by atoms with Gasteiger partial charge in [0.2, 0.25) is 0 Å². The molecular weight excluding hydrogens is 216 g/mol. The summed E-state index contributed by atoms with van der Waals surface area (Å²) in [6.45, 7) is 2.06. The van der Waals surface area contributed by atoms with Crippen molar-refractivity contribution in [2.45, 2.75) is 13.0 Å². The van der Waals surface area contributed by atoms with Crippen molar-refractivity contribution in [3.63, 3.8) is 0 Å². The molecule has 1 N–H and O–H groups in total. The van der Waals surface area contributed by atoms with Gasteiger partial charge >= 0.3 is 0 Å². The monoisotopic (exact) mass is 226 g/mol. The fraction of sp³-hybridized carbons (Fsp3) is 0.300. The maximum absolute atomic E-state index is 5.74. The zero-order valence-corrected chi connectivity index (χ0v) is 9.40. The highest BCUT2D eigenvalue weighted by atomic mass is 35.5. The smallest absolute Gasteiger partial charge is 0.117 e. The minimum atomic E-state index is 0.278. The van der Waals surface area contributed by atoms with Crippen molar-refractivity contribution in [3.05, 3.63) is 24.3 Å². The Balaban J connectivity index is 2.33. The molecule has 0 amide bonds. The second-order valence-corrected chi connectivity index (χ2v) is 4.31. The number of halogens is 1. The summed E-state index contributed by atoms with van der Waals surface area (Å²) in [6, 6.07) is 8.38. The molecule has 0 saturated heterocycles. The molecule has 2 nitrogen and oxygen atoms in total. The van der Waals surface area contributed by atoms with Gasteiger partial charge in [-0.05, 0) is 30.6 Å². The van der Waals surface area contributed by atoms with E-state index < -0.39 is 0 Å². The minimum absolute atomic E-state index is 0.278. The van der Waals surface area contributed by atoms with Crippen molar-refractivity contribution >= 4 is 39.0 Å². The molecule has 1 heterocycles. The number of hydrogen-bond acceptors (Lipinski definition) is 3. The van der Waals surface area contributed by atoms with Crippen LogP contribution in [-0.2, 0) is 0 Å². The first-order valence-electron chi connectivity index (χ1n) is 4.48. The number of alkyl halides is 1. The van der Waals surface area contributed by atoms with E-state index in [1.165, 1.54) is 16.9 Å². The Kier molecular flexibility index (Phi) is 2.89. The molecule has 0 aliphatic carbocycles. The van der Waals surface area contributed by atoms with Gasteiger partial charge in [-0.1, -0.05) is 12.1 Å². The lowest BCUT2D eigenvalue weighted by Gasteiger charge is -2.09. The number of anilines is 1. The van der Waals surface area contributed by atoms with E-state index in [-0.39, 0.29) is 6.04 Å². The third-order valence-corrected chi connectivity index (χ3v) is 3.26. The van der Waals surface area contributed by atoms with Gasteiger partial charge in [-0.2, -0.15) is 4.37 Å².